The van der Waals surface area contributed by atoms with Crippen LogP contribution >= 0.6 is 0 Å². The van der Waals surface area contributed by atoms with Crippen LogP contribution in [0.5, 0.6) is 11.5 Å². The molecule has 1 aliphatic heterocycles. The highest BCUT2D eigenvalue weighted by atomic mass is 16.5. The van der Waals surface area contributed by atoms with Gasteiger partial charge in [0.25, 0.3) is 0 Å². The molecule has 1 fully saturated rings. The molecule has 0 unspecified atom stereocenters. The minimum Gasteiger partial charge on any atom is -0.493 e. The van der Waals surface area contributed by atoms with E-state index in [9.17, 15) is 0 Å². The molecule has 0 spiro atoms. The van der Waals surface area contributed by atoms with Crippen LogP contribution < -0.4 is 9.47 Å². The van der Waals surface area contributed by atoms with Gasteiger partial charge in [-0.2, -0.15) is 0 Å². The summed E-state index contributed by atoms with van der Waals surface area (Å²) < 4.78 is 16.8. The number of methoxy groups -OCH3 is 2. The first-order valence-electron chi connectivity index (χ1n) is 10.1. The molecule has 0 aliphatic carbocycles. The van der Waals surface area contributed by atoms with E-state index < -0.39 is 0 Å². The molecule has 0 saturated carbocycles. The van der Waals surface area contributed by atoms with E-state index in [0.717, 1.165) is 56.1 Å². The minimum absolute atomic E-state index is 0.295. The molecule has 1 atom stereocenters. The summed E-state index contributed by atoms with van der Waals surface area (Å²) in [6.45, 7) is 3.44. The zero-order valence-electron chi connectivity index (χ0n) is 17.1. The van der Waals surface area contributed by atoms with Crippen LogP contribution in [0.4, 0.5) is 0 Å². The zero-order valence-corrected chi connectivity index (χ0v) is 17.1. The summed E-state index contributed by atoms with van der Waals surface area (Å²) >= 11 is 0. The first-order chi connectivity index (χ1) is 14.3. The highest BCUT2D eigenvalue weighted by Gasteiger charge is 2.20. The van der Waals surface area contributed by atoms with E-state index in [1.54, 1.807) is 14.2 Å². The van der Waals surface area contributed by atoms with Crippen LogP contribution in [0.25, 0.3) is 10.9 Å². The number of hydrogen-bond acceptors (Lipinski definition) is 5. The predicted molar refractivity (Wildman–Crippen MR) is 114 cm³/mol. The van der Waals surface area contributed by atoms with Crippen molar-refractivity contribution in [1.29, 1.82) is 0 Å². The summed E-state index contributed by atoms with van der Waals surface area (Å²) in [7, 11) is 3.34. The lowest BCUT2D eigenvalue weighted by atomic mass is 10.1. The van der Waals surface area contributed by atoms with Crippen LogP contribution in [0.2, 0.25) is 0 Å². The van der Waals surface area contributed by atoms with Crippen LogP contribution in [-0.4, -0.2) is 43.4 Å². The quantitative estimate of drug-likeness (QED) is 0.567. The van der Waals surface area contributed by atoms with Crippen molar-refractivity contribution in [2.24, 2.45) is 0 Å². The molecule has 152 valence electrons. The molecule has 0 amide bonds. The van der Waals surface area contributed by atoms with E-state index in [0.29, 0.717) is 6.10 Å². The van der Waals surface area contributed by atoms with E-state index in [4.69, 9.17) is 14.2 Å². The number of ether oxygens (including phenoxy) is 3. The fourth-order valence-electron chi connectivity index (χ4n) is 4.04. The third kappa shape index (κ3) is 4.69. The lowest BCUT2D eigenvalue weighted by molar-refractivity contribution is 0.0680. The Hall–Kier alpha value is -2.63. The van der Waals surface area contributed by atoms with E-state index >= 15 is 0 Å². The van der Waals surface area contributed by atoms with E-state index in [-0.39, 0.29) is 0 Å². The van der Waals surface area contributed by atoms with Gasteiger partial charge in [-0.1, -0.05) is 24.3 Å². The molecule has 2 aromatic carbocycles. The first kappa shape index (κ1) is 19.7. The van der Waals surface area contributed by atoms with Crippen LogP contribution in [0.3, 0.4) is 0 Å². The molecule has 5 heteroatoms. The van der Waals surface area contributed by atoms with Gasteiger partial charge in [0.1, 0.15) is 0 Å². The van der Waals surface area contributed by atoms with Crippen molar-refractivity contribution in [2.75, 3.05) is 27.4 Å². The zero-order chi connectivity index (χ0) is 20.1. The van der Waals surface area contributed by atoms with Crippen LogP contribution in [0, 0.1) is 0 Å². The van der Waals surface area contributed by atoms with Crippen LogP contribution in [0.15, 0.2) is 54.7 Å². The average molecular weight is 392 g/mol. The highest BCUT2D eigenvalue weighted by Crippen LogP contribution is 2.29. The maximum atomic E-state index is 5.93. The predicted octanol–water partition coefficient (Wildman–Crippen LogP) is 4.43. The number of nitrogens with zero attached hydrogens (tertiary/aromatic N) is 2. The first-order valence-corrected chi connectivity index (χ1v) is 10.1. The smallest absolute Gasteiger partial charge is 0.161 e. The topological polar surface area (TPSA) is 43.8 Å². The second kappa shape index (κ2) is 9.25. The molecule has 0 bridgehead atoms. The maximum Gasteiger partial charge on any atom is 0.161 e. The second-order valence-electron chi connectivity index (χ2n) is 7.48. The molecule has 0 N–H and O–H groups in total. The molecule has 0 radical (unpaired) electrons. The Morgan fingerprint density at radius 2 is 1.93 bits per heavy atom. The van der Waals surface area contributed by atoms with Crippen molar-refractivity contribution in [3.05, 3.63) is 65.9 Å². The summed E-state index contributed by atoms with van der Waals surface area (Å²) in [6.07, 6.45) is 4.41. The van der Waals surface area contributed by atoms with Gasteiger partial charge in [-0.15, -0.1) is 0 Å². The van der Waals surface area contributed by atoms with Gasteiger partial charge in [0.2, 0.25) is 0 Å². The van der Waals surface area contributed by atoms with Gasteiger partial charge >= 0.3 is 0 Å². The Balaban J connectivity index is 1.59. The largest absolute Gasteiger partial charge is 0.493 e. The fourth-order valence-corrected chi connectivity index (χ4v) is 4.04. The van der Waals surface area contributed by atoms with Gasteiger partial charge in [0, 0.05) is 37.8 Å². The molecule has 4 rings (SSSR count). The normalized spacial score (nSPS) is 16.4. The van der Waals surface area contributed by atoms with Gasteiger partial charge in [-0.3, -0.25) is 9.88 Å². The Kier molecular flexibility index (Phi) is 6.27. The third-order valence-electron chi connectivity index (χ3n) is 5.47. The number of benzene rings is 2. The van der Waals surface area contributed by atoms with E-state index in [1.165, 1.54) is 16.5 Å². The van der Waals surface area contributed by atoms with Gasteiger partial charge in [-0.05, 0) is 48.2 Å². The van der Waals surface area contributed by atoms with Gasteiger partial charge < -0.3 is 14.2 Å². The number of fused-ring (bicyclic) bond motifs is 1. The van der Waals surface area contributed by atoms with E-state index in [2.05, 4.69) is 46.3 Å². The summed E-state index contributed by atoms with van der Waals surface area (Å²) in [6, 6.07) is 16.6. The fraction of sp³-hybridized carbons (Fsp3) is 0.375. The second-order valence-corrected chi connectivity index (χ2v) is 7.48. The van der Waals surface area contributed by atoms with Crippen molar-refractivity contribution in [3.8, 4) is 11.5 Å². The summed E-state index contributed by atoms with van der Waals surface area (Å²) in [5.41, 5.74) is 3.52. The number of pyridine rings is 1. The maximum absolute atomic E-state index is 5.93. The number of aromatic nitrogens is 1. The number of rotatable bonds is 8. The van der Waals surface area contributed by atoms with Crippen molar-refractivity contribution in [1.82, 2.24) is 9.88 Å². The van der Waals surface area contributed by atoms with Crippen LogP contribution in [-0.2, 0) is 17.8 Å². The molecular formula is C24H28N2O3. The standard InChI is InChI=1S/C24H28N2O3/c1-27-23-11-10-18(14-24(23)28-2)15-26(17-20-7-5-13-29-20)16-19-6-3-9-22-21(19)8-4-12-25-22/h3-4,6,8-12,14,20H,5,7,13,15-17H2,1-2H3/t20-/m1/s1. The Morgan fingerprint density at radius 1 is 1.03 bits per heavy atom. The van der Waals surface area contributed by atoms with Gasteiger partial charge in [0.05, 0.1) is 25.8 Å². The van der Waals surface area contributed by atoms with Crippen LogP contribution in [0.1, 0.15) is 24.0 Å². The lowest BCUT2D eigenvalue weighted by Crippen LogP contribution is -2.31. The average Bonchev–Trinajstić information content (AvgIpc) is 3.27. The monoisotopic (exact) mass is 392 g/mol. The third-order valence-corrected chi connectivity index (χ3v) is 5.47. The van der Waals surface area contributed by atoms with Crippen molar-refractivity contribution in [3.63, 3.8) is 0 Å². The number of hydrogen-bond donors (Lipinski definition) is 0. The summed E-state index contributed by atoms with van der Waals surface area (Å²) in [5, 5.41) is 1.21. The molecule has 1 aliphatic rings. The van der Waals surface area contributed by atoms with Crippen molar-refractivity contribution < 1.29 is 14.2 Å². The molecule has 29 heavy (non-hydrogen) atoms. The Bertz CT molecular complexity index is 949. The molecule has 1 saturated heterocycles. The molecule has 3 aromatic rings. The molecular weight excluding hydrogens is 364 g/mol. The van der Waals surface area contributed by atoms with Gasteiger partial charge in [0.15, 0.2) is 11.5 Å². The molecule has 1 aromatic heterocycles. The minimum atomic E-state index is 0.295. The Labute approximate surface area is 172 Å². The summed E-state index contributed by atoms with van der Waals surface area (Å²) in [5.74, 6) is 1.51. The molecule has 2 heterocycles. The van der Waals surface area contributed by atoms with Crippen molar-refractivity contribution >= 4 is 10.9 Å². The SMILES string of the molecule is COc1ccc(CN(Cc2cccc3ncccc23)C[C@H]2CCCO2)cc1OC. The van der Waals surface area contributed by atoms with E-state index in [1.807, 2.05) is 18.3 Å². The Morgan fingerprint density at radius 3 is 2.72 bits per heavy atom. The van der Waals surface area contributed by atoms with Crippen molar-refractivity contribution in [2.45, 2.75) is 32.0 Å². The molecule has 5 nitrogen and oxygen atoms in total. The summed E-state index contributed by atoms with van der Waals surface area (Å²) in [4.78, 5) is 6.96. The van der Waals surface area contributed by atoms with Gasteiger partial charge in [-0.25, -0.2) is 0 Å². The highest BCUT2D eigenvalue weighted by molar-refractivity contribution is 5.81. The lowest BCUT2D eigenvalue weighted by Gasteiger charge is -2.26.